The van der Waals surface area contributed by atoms with Gasteiger partial charge in [0.15, 0.2) is 11.5 Å². The molecule has 11 heteroatoms. The van der Waals surface area contributed by atoms with Crippen LogP contribution in [0.1, 0.15) is 65.4 Å². The van der Waals surface area contributed by atoms with Crippen LogP contribution < -0.4 is 14.8 Å². The average Bonchev–Trinajstić information content (AvgIpc) is 2.81. The van der Waals surface area contributed by atoms with Gasteiger partial charge in [0.1, 0.15) is 0 Å². The van der Waals surface area contributed by atoms with E-state index in [1.54, 1.807) is 27.7 Å². The lowest BCUT2D eigenvalue weighted by atomic mass is 9.89. The highest BCUT2D eigenvalue weighted by atomic mass is 16.7. The van der Waals surface area contributed by atoms with Gasteiger partial charge in [-0.3, -0.25) is 10.1 Å². The van der Waals surface area contributed by atoms with Crippen molar-refractivity contribution in [3.05, 3.63) is 23.8 Å². The van der Waals surface area contributed by atoms with E-state index < -0.39 is 30.0 Å². The molecular weight excluding hydrogens is 474 g/mol. The van der Waals surface area contributed by atoms with E-state index in [0.29, 0.717) is 18.4 Å². The number of hydrogen-bond acceptors (Lipinski definition) is 10. The molecule has 0 radical (unpaired) electrons. The van der Waals surface area contributed by atoms with E-state index in [1.807, 2.05) is 0 Å². The van der Waals surface area contributed by atoms with Crippen molar-refractivity contribution in [1.29, 1.82) is 0 Å². The van der Waals surface area contributed by atoms with Crippen LogP contribution in [0.2, 0.25) is 0 Å². The highest BCUT2D eigenvalue weighted by molar-refractivity contribution is 5.83. The molecule has 1 aliphatic rings. The molecule has 0 aromatic heterocycles. The molecule has 0 unspecified atom stereocenters. The molecule has 36 heavy (non-hydrogen) atoms. The van der Waals surface area contributed by atoms with Crippen LogP contribution >= 0.6 is 0 Å². The van der Waals surface area contributed by atoms with E-state index in [0.717, 1.165) is 19.3 Å². The summed E-state index contributed by atoms with van der Waals surface area (Å²) in [6.07, 6.45) is 1.74. The molecule has 1 aliphatic carbocycles. The molecular formula is C25H35NO10. The number of nitrogens with one attached hydrogen (secondary N) is 1. The van der Waals surface area contributed by atoms with Gasteiger partial charge in [-0.2, -0.15) is 0 Å². The fourth-order valence-corrected chi connectivity index (χ4v) is 3.95. The van der Waals surface area contributed by atoms with Crippen LogP contribution in [0.4, 0.5) is 9.59 Å². The Hall–Kier alpha value is -3.34. The molecule has 1 atom stereocenters. The highest BCUT2D eigenvalue weighted by Crippen LogP contribution is 2.32. The third-order valence-electron chi connectivity index (χ3n) is 5.45. The number of hydrogen-bond donors (Lipinski definition) is 2. The van der Waals surface area contributed by atoms with E-state index in [4.69, 9.17) is 23.7 Å². The maximum absolute atomic E-state index is 12.9. The molecule has 200 valence electrons. The maximum atomic E-state index is 12.9. The molecule has 0 amide bonds. The Kier molecular flexibility index (Phi) is 11.0. The Labute approximate surface area is 210 Å². The maximum Gasteiger partial charge on any atom is 0.513 e. The fraction of sp³-hybridized carbons (Fsp3) is 0.600. The van der Waals surface area contributed by atoms with Crippen molar-refractivity contribution in [2.45, 2.75) is 78.0 Å². The van der Waals surface area contributed by atoms with Crippen LogP contribution in [0.15, 0.2) is 18.2 Å². The summed E-state index contributed by atoms with van der Waals surface area (Å²) < 4.78 is 25.5. The zero-order valence-corrected chi connectivity index (χ0v) is 21.2. The van der Waals surface area contributed by atoms with Crippen molar-refractivity contribution in [2.24, 2.45) is 5.92 Å². The van der Waals surface area contributed by atoms with Crippen LogP contribution in [0.5, 0.6) is 11.5 Å². The van der Waals surface area contributed by atoms with Gasteiger partial charge in [0, 0.05) is 12.5 Å². The summed E-state index contributed by atoms with van der Waals surface area (Å²) in [6.45, 7) is 6.77. The smallest absolute Gasteiger partial charge is 0.477 e. The zero-order chi connectivity index (χ0) is 26.7. The zero-order valence-electron chi connectivity index (χ0n) is 21.2. The number of esters is 1. The third-order valence-corrected chi connectivity index (χ3v) is 5.45. The number of aliphatic carboxylic acids is 1. The van der Waals surface area contributed by atoms with Gasteiger partial charge in [0.25, 0.3) is 5.72 Å². The Bertz CT molecular complexity index is 925. The Balaban J connectivity index is 2.40. The molecule has 0 heterocycles. The van der Waals surface area contributed by atoms with Crippen molar-refractivity contribution < 1.29 is 48.0 Å². The first-order chi connectivity index (χ1) is 17.1. The van der Waals surface area contributed by atoms with Crippen molar-refractivity contribution in [3.8, 4) is 11.5 Å². The Morgan fingerprint density at radius 1 is 0.972 bits per heavy atom. The summed E-state index contributed by atoms with van der Waals surface area (Å²) in [5.74, 6) is -2.64. The SMILES string of the molecule is CCOC(=O)Oc1ccc(C[C@](NC(C)C)(OC(=O)C2CCCCC2)C(=O)O)cc1OC(=O)OCC. The third kappa shape index (κ3) is 8.40. The molecule has 1 fully saturated rings. The molecule has 1 aromatic carbocycles. The van der Waals surface area contributed by atoms with Crippen LogP contribution in [-0.2, 0) is 30.2 Å². The lowest BCUT2D eigenvalue weighted by Crippen LogP contribution is -2.59. The second kappa shape index (κ2) is 13.7. The lowest BCUT2D eigenvalue weighted by molar-refractivity contribution is -0.188. The predicted molar refractivity (Wildman–Crippen MR) is 127 cm³/mol. The predicted octanol–water partition coefficient (Wildman–Crippen LogP) is 4.20. The standard InChI is InChI=1S/C25H35NO10/c1-5-32-23(30)34-19-13-12-17(14-20(19)35-24(31)33-6-2)15-25(22(28)29,26-16(3)4)36-21(27)18-10-8-7-9-11-18/h12-14,16,18,26H,5-11,15H2,1-4H3,(H,28,29)/t25-/m0/s1. The van der Waals surface area contributed by atoms with Gasteiger partial charge >= 0.3 is 24.2 Å². The molecule has 0 bridgehead atoms. The molecule has 0 aliphatic heterocycles. The van der Waals surface area contributed by atoms with Crippen molar-refractivity contribution in [2.75, 3.05) is 13.2 Å². The van der Waals surface area contributed by atoms with E-state index >= 15 is 0 Å². The Morgan fingerprint density at radius 3 is 2.08 bits per heavy atom. The van der Waals surface area contributed by atoms with Crippen molar-refractivity contribution in [3.63, 3.8) is 0 Å². The van der Waals surface area contributed by atoms with E-state index in [9.17, 15) is 24.3 Å². The summed E-state index contributed by atoms with van der Waals surface area (Å²) in [6, 6.07) is 3.77. The molecule has 1 saturated carbocycles. The summed E-state index contributed by atoms with van der Waals surface area (Å²) in [7, 11) is 0. The molecule has 0 saturated heterocycles. The minimum atomic E-state index is -2.08. The first-order valence-corrected chi connectivity index (χ1v) is 12.2. The summed E-state index contributed by atoms with van der Waals surface area (Å²) >= 11 is 0. The van der Waals surface area contributed by atoms with Crippen LogP contribution in [0.3, 0.4) is 0 Å². The summed E-state index contributed by atoms with van der Waals surface area (Å²) in [5, 5.41) is 13.0. The second-order valence-electron chi connectivity index (χ2n) is 8.72. The second-order valence-corrected chi connectivity index (χ2v) is 8.72. The van der Waals surface area contributed by atoms with Crippen molar-refractivity contribution in [1.82, 2.24) is 5.32 Å². The topological polar surface area (TPSA) is 147 Å². The summed E-state index contributed by atoms with van der Waals surface area (Å²) in [4.78, 5) is 49.2. The van der Waals surface area contributed by atoms with Gasteiger partial charge in [0.05, 0.1) is 19.1 Å². The minimum Gasteiger partial charge on any atom is -0.477 e. The minimum absolute atomic E-state index is 0.0458. The number of benzene rings is 1. The normalized spacial score (nSPS) is 15.5. The molecule has 2 rings (SSSR count). The number of carbonyl (C=O) groups excluding carboxylic acids is 3. The number of rotatable bonds is 11. The molecule has 2 N–H and O–H groups in total. The molecule has 0 spiro atoms. The largest absolute Gasteiger partial charge is 0.513 e. The monoisotopic (exact) mass is 509 g/mol. The van der Waals surface area contributed by atoms with Gasteiger partial charge in [-0.1, -0.05) is 25.3 Å². The number of carboxylic acid groups (broad SMARTS) is 1. The van der Waals surface area contributed by atoms with Gasteiger partial charge in [-0.25, -0.2) is 14.4 Å². The first-order valence-electron chi connectivity index (χ1n) is 12.2. The number of carboxylic acids is 1. The van der Waals surface area contributed by atoms with Crippen molar-refractivity contribution >= 4 is 24.2 Å². The molecule has 11 nitrogen and oxygen atoms in total. The number of ether oxygens (including phenoxy) is 5. The van der Waals surface area contributed by atoms with E-state index in [1.165, 1.54) is 18.2 Å². The van der Waals surface area contributed by atoms with Crippen LogP contribution in [-0.4, -0.2) is 54.3 Å². The van der Waals surface area contributed by atoms with E-state index in [2.05, 4.69) is 5.32 Å². The fourth-order valence-electron chi connectivity index (χ4n) is 3.95. The Morgan fingerprint density at radius 2 is 1.56 bits per heavy atom. The van der Waals surface area contributed by atoms with Gasteiger partial charge < -0.3 is 28.8 Å². The van der Waals surface area contributed by atoms with Gasteiger partial charge in [0.2, 0.25) is 0 Å². The van der Waals surface area contributed by atoms with Gasteiger partial charge in [-0.15, -0.1) is 0 Å². The molecule has 1 aromatic rings. The summed E-state index contributed by atoms with van der Waals surface area (Å²) in [5.41, 5.74) is -1.74. The quantitative estimate of drug-likeness (QED) is 0.191. The van der Waals surface area contributed by atoms with Gasteiger partial charge in [-0.05, 0) is 58.2 Å². The highest BCUT2D eigenvalue weighted by Gasteiger charge is 2.45. The van der Waals surface area contributed by atoms with Crippen LogP contribution in [0, 0.1) is 5.92 Å². The van der Waals surface area contributed by atoms with E-state index in [-0.39, 0.29) is 43.1 Å². The first kappa shape index (κ1) is 28.9. The van der Waals surface area contributed by atoms with Crippen LogP contribution in [0.25, 0.3) is 0 Å². The number of carbonyl (C=O) groups is 4. The average molecular weight is 510 g/mol. The lowest BCUT2D eigenvalue weighted by Gasteiger charge is -2.34.